The Morgan fingerprint density at radius 1 is 1.55 bits per heavy atom. The van der Waals surface area contributed by atoms with E-state index in [-0.39, 0.29) is 5.91 Å². The van der Waals surface area contributed by atoms with Crippen LogP contribution in [0.1, 0.15) is 37.3 Å². The van der Waals surface area contributed by atoms with E-state index < -0.39 is 0 Å². The largest absolute Gasteiger partial charge is 0.490 e. The molecule has 1 aliphatic heterocycles. The first kappa shape index (κ1) is 17.1. The van der Waals surface area contributed by atoms with Crippen molar-refractivity contribution < 1.29 is 9.53 Å². The summed E-state index contributed by atoms with van der Waals surface area (Å²) in [6.45, 7) is 2.10. The van der Waals surface area contributed by atoms with E-state index in [2.05, 4.69) is 40.9 Å². The number of carbonyl (C=O) groups is 1. The average Bonchev–Trinajstić information content (AvgIpc) is 2.96. The minimum atomic E-state index is 0.0529. The molecule has 1 saturated heterocycles. The fourth-order valence-electron chi connectivity index (χ4n) is 2.72. The number of thiol groups is 1. The van der Waals surface area contributed by atoms with E-state index in [0.717, 1.165) is 24.5 Å². The summed E-state index contributed by atoms with van der Waals surface area (Å²) in [6.07, 6.45) is 7.36. The van der Waals surface area contributed by atoms with Gasteiger partial charge in [0.05, 0.1) is 12.7 Å². The Labute approximate surface area is 137 Å². The minimum absolute atomic E-state index is 0.0529. The lowest BCUT2D eigenvalue weighted by Crippen LogP contribution is -2.27. The third kappa shape index (κ3) is 5.18. The summed E-state index contributed by atoms with van der Waals surface area (Å²) in [5, 5.41) is 2.84. The van der Waals surface area contributed by atoms with Crippen LogP contribution < -0.4 is 10.1 Å². The molecule has 6 heteroatoms. The average molecular weight is 323 g/mol. The second kappa shape index (κ2) is 9.00. The first-order chi connectivity index (χ1) is 10.7. The minimum Gasteiger partial charge on any atom is -0.490 e. The lowest BCUT2D eigenvalue weighted by molar-refractivity contribution is -0.121. The highest BCUT2D eigenvalue weighted by atomic mass is 32.1. The predicted molar refractivity (Wildman–Crippen MR) is 90.4 cm³/mol. The Morgan fingerprint density at radius 3 is 3.14 bits per heavy atom. The van der Waals surface area contributed by atoms with E-state index >= 15 is 0 Å². The van der Waals surface area contributed by atoms with Gasteiger partial charge in [0.1, 0.15) is 12.4 Å². The Morgan fingerprint density at radius 2 is 2.41 bits per heavy atom. The molecular formula is C16H25N3O2S. The zero-order valence-corrected chi connectivity index (χ0v) is 14.0. The summed E-state index contributed by atoms with van der Waals surface area (Å²) >= 11 is 4.09. The molecule has 1 aliphatic rings. The van der Waals surface area contributed by atoms with Gasteiger partial charge in [-0.2, -0.15) is 12.6 Å². The summed E-state index contributed by atoms with van der Waals surface area (Å²) in [5.41, 5.74) is 1.20. The van der Waals surface area contributed by atoms with E-state index in [1.165, 1.54) is 18.4 Å². The maximum Gasteiger partial charge on any atom is 0.220 e. The Balaban J connectivity index is 1.75. The van der Waals surface area contributed by atoms with Crippen LogP contribution in [-0.2, 0) is 4.79 Å². The third-order valence-electron chi connectivity index (χ3n) is 3.89. The van der Waals surface area contributed by atoms with Gasteiger partial charge in [-0.25, -0.2) is 0 Å². The molecule has 1 amide bonds. The molecule has 5 nitrogen and oxygen atoms in total. The number of pyridine rings is 1. The molecule has 1 atom stereocenters. The number of carbonyl (C=O) groups excluding carboxylic acids is 1. The molecule has 0 unspecified atom stereocenters. The van der Waals surface area contributed by atoms with Crippen LogP contribution >= 0.6 is 12.6 Å². The molecule has 0 spiro atoms. The number of aromatic nitrogens is 1. The molecule has 1 N–H and O–H groups in total. The lowest BCUT2D eigenvalue weighted by Gasteiger charge is -2.19. The van der Waals surface area contributed by atoms with Crippen LogP contribution in [0.5, 0.6) is 5.75 Å². The molecule has 1 aromatic rings. The molecule has 2 heterocycles. The SMILES string of the molecule is CN1CCC[C@H]1c1cncc(OCCNC(=O)CCCS)c1. The number of amides is 1. The molecule has 0 radical (unpaired) electrons. The quantitative estimate of drug-likeness (QED) is 0.568. The van der Waals surface area contributed by atoms with Crippen molar-refractivity contribution in [3.63, 3.8) is 0 Å². The van der Waals surface area contributed by atoms with Crippen LogP contribution in [-0.4, -0.2) is 48.3 Å². The molecule has 0 bridgehead atoms. The zero-order chi connectivity index (χ0) is 15.8. The van der Waals surface area contributed by atoms with Gasteiger partial charge in [-0.3, -0.25) is 14.7 Å². The maximum atomic E-state index is 11.5. The molecular weight excluding hydrogens is 298 g/mol. The first-order valence-electron chi connectivity index (χ1n) is 7.86. The lowest BCUT2D eigenvalue weighted by atomic mass is 10.1. The topological polar surface area (TPSA) is 54.5 Å². The van der Waals surface area contributed by atoms with Gasteiger partial charge in [0.15, 0.2) is 0 Å². The van der Waals surface area contributed by atoms with Gasteiger partial charge >= 0.3 is 0 Å². The standard InChI is InChI=1S/C16H25N3O2S/c1-19-7-2-4-15(19)13-10-14(12-17-11-13)21-8-6-18-16(20)5-3-9-22/h10-12,15,22H,2-9H2,1H3,(H,18,20)/t15-/m0/s1. The number of hydrogen-bond acceptors (Lipinski definition) is 5. The molecule has 1 aromatic heterocycles. The van der Waals surface area contributed by atoms with Crippen molar-refractivity contribution in [2.45, 2.75) is 31.7 Å². The van der Waals surface area contributed by atoms with E-state index in [1.54, 1.807) is 6.20 Å². The molecule has 1 fully saturated rings. The van der Waals surface area contributed by atoms with Gasteiger partial charge in [0.2, 0.25) is 5.91 Å². The van der Waals surface area contributed by atoms with Crippen molar-refractivity contribution >= 4 is 18.5 Å². The number of hydrogen-bond donors (Lipinski definition) is 2. The third-order valence-corrected chi connectivity index (χ3v) is 4.21. The monoisotopic (exact) mass is 323 g/mol. The van der Waals surface area contributed by atoms with Gasteiger partial charge in [-0.1, -0.05) is 0 Å². The summed E-state index contributed by atoms with van der Waals surface area (Å²) in [7, 11) is 2.14. The number of rotatable bonds is 8. The fraction of sp³-hybridized carbons (Fsp3) is 0.625. The molecule has 0 aromatic carbocycles. The molecule has 2 rings (SSSR count). The highest BCUT2D eigenvalue weighted by molar-refractivity contribution is 7.80. The zero-order valence-electron chi connectivity index (χ0n) is 13.1. The van der Waals surface area contributed by atoms with Crippen LogP contribution in [0.15, 0.2) is 18.5 Å². The summed E-state index contributed by atoms with van der Waals surface area (Å²) in [6, 6.07) is 2.50. The Hall–Kier alpha value is -1.27. The highest BCUT2D eigenvalue weighted by Gasteiger charge is 2.22. The summed E-state index contributed by atoms with van der Waals surface area (Å²) in [4.78, 5) is 18.1. The van der Waals surface area contributed by atoms with Crippen LogP contribution in [0, 0.1) is 0 Å². The van der Waals surface area contributed by atoms with Gasteiger partial charge in [-0.05, 0) is 50.2 Å². The first-order valence-corrected chi connectivity index (χ1v) is 8.49. The van der Waals surface area contributed by atoms with Crippen molar-refractivity contribution in [2.75, 3.05) is 32.5 Å². The van der Waals surface area contributed by atoms with Crippen molar-refractivity contribution in [3.05, 3.63) is 24.0 Å². The van der Waals surface area contributed by atoms with Crippen molar-refractivity contribution in [3.8, 4) is 5.75 Å². The number of nitrogens with one attached hydrogen (secondary N) is 1. The highest BCUT2D eigenvalue weighted by Crippen LogP contribution is 2.31. The fourth-order valence-corrected chi connectivity index (χ4v) is 2.87. The Kier molecular flexibility index (Phi) is 6.99. The number of ether oxygens (including phenoxy) is 1. The van der Waals surface area contributed by atoms with Crippen molar-refractivity contribution in [1.82, 2.24) is 15.2 Å². The summed E-state index contributed by atoms with van der Waals surface area (Å²) in [5.74, 6) is 1.55. The second-order valence-electron chi connectivity index (χ2n) is 5.62. The van der Waals surface area contributed by atoms with Crippen molar-refractivity contribution in [2.24, 2.45) is 0 Å². The molecule has 0 saturated carbocycles. The van der Waals surface area contributed by atoms with Crippen LogP contribution in [0.4, 0.5) is 0 Å². The van der Waals surface area contributed by atoms with E-state index in [4.69, 9.17) is 4.74 Å². The van der Waals surface area contributed by atoms with Crippen LogP contribution in [0.3, 0.4) is 0 Å². The van der Waals surface area contributed by atoms with Gasteiger partial charge in [-0.15, -0.1) is 0 Å². The molecule has 122 valence electrons. The smallest absolute Gasteiger partial charge is 0.220 e. The maximum absolute atomic E-state index is 11.5. The van der Waals surface area contributed by atoms with Gasteiger partial charge in [0.25, 0.3) is 0 Å². The van der Waals surface area contributed by atoms with Crippen LogP contribution in [0.25, 0.3) is 0 Å². The summed E-state index contributed by atoms with van der Waals surface area (Å²) < 4.78 is 5.69. The second-order valence-corrected chi connectivity index (χ2v) is 6.07. The number of nitrogens with zero attached hydrogens (tertiary/aromatic N) is 2. The van der Waals surface area contributed by atoms with E-state index in [1.807, 2.05) is 6.20 Å². The van der Waals surface area contributed by atoms with Gasteiger partial charge < -0.3 is 10.1 Å². The molecule has 0 aliphatic carbocycles. The Bertz CT molecular complexity index is 484. The van der Waals surface area contributed by atoms with E-state index in [9.17, 15) is 4.79 Å². The van der Waals surface area contributed by atoms with Crippen LogP contribution in [0.2, 0.25) is 0 Å². The normalized spacial score (nSPS) is 18.4. The van der Waals surface area contributed by atoms with E-state index in [0.29, 0.717) is 25.6 Å². The number of likely N-dealkylation sites (tertiary alicyclic amines) is 1. The van der Waals surface area contributed by atoms with Gasteiger partial charge in [0, 0.05) is 18.7 Å². The predicted octanol–water partition coefficient (Wildman–Crippen LogP) is 2.05. The van der Waals surface area contributed by atoms with Crippen molar-refractivity contribution in [1.29, 1.82) is 0 Å². The molecule has 22 heavy (non-hydrogen) atoms.